The molecule has 2 aromatic rings. The second kappa shape index (κ2) is 5.90. The summed E-state index contributed by atoms with van der Waals surface area (Å²) in [7, 11) is 1.55. The number of aryl methyl sites for hydroxylation is 1. The quantitative estimate of drug-likeness (QED) is 0.798. The SMILES string of the molecule is COc1ccc(NC(=O)CCn2ccnc2)cc1N. The molecule has 0 fully saturated rings. The van der Waals surface area contributed by atoms with Crippen LogP contribution in [0.15, 0.2) is 36.9 Å². The summed E-state index contributed by atoms with van der Waals surface area (Å²) >= 11 is 0. The van der Waals surface area contributed by atoms with Crippen LogP contribution in [0.1, 0.15) is 6.42 Å². The molecular weight excluding hydrogens is 244 g/mol. The minimum Gasteiger partial charge on any atom is -0.495 e. The molecule has 1 heterocycles. The van der Waals surface area contributed by atoms with Gasteiger partial charge in [-0.3, -0.25) is 4.79 Å². The number of aromatic nitrogens is 2. The van der Waals surface area contributed by atoms with Gasteiger partial charge in [-0.1, -0.05) is 0 Å². The van der Waals surface area contributed by atoms with Gasteiger partial charge in [0.25, 0.3) is 0 Å². The Morgan fingerprint density at radius 2 is 2.37 bits per heavy atom. The third kappa shape index (κ3) is 3.48. The standard InChI is InChI=1S/C13H16N4O2/c1-19-12-3-2-10(8-11(12)14)16-13(18)4-6-17-7-5-15-9-17/h2-3,5,7-9H,4,6,14H2,1H3,(H,16,18). The maximum atomic E-state index is 11.8. The molecule has 0 aliphatic rings. The maximum absolute atomic E-state index is 11.8. The lowest BCUT2D eigenvalue weighted by Crippen LogP contribution is -2.14. The highest BCUT2D eigenvalue weighted by Crippen LogP contribution is 2.24. The summed E-state index contributed by atoms with van der Waals surface area (Å²) in [5.41, 5.74) is 6.93. The van der Waals surface area contributed by atoms with Crippen LogP contribution < -0.4 is 15.8 Å². The van der Waals surface area contributed by atoms with E-state index >= 15 is 0 Å². The predicted octanol–water partition coefficient (Wildman–Crippen LogP) is 1.50. The summed E-state index contributed by atoms with van der Waals surface area (Å²) in [6.45, 7) is 0.595. The molecule has 0 spiro atoms. The van der Waals surface area contributed by atoms with Gasteiger partial charge < -0.3 is 20.4 Å². The van der Waals surface area contributed by atoms with Crippen LogP contribution in [0.3, 0.4) is 0 Å². The van der Waals surface area contributed by atoms with Crippen LogP contribution in [0.2, 0.25) is 0 Å². The van der Waals surface area contributed by atoms with Gasteiger partial charge in [0.1, 0.15) is 5.75 Å². The third-order valence-electron chi connectivity index (χ3n) is 2.67. The monoisotopic (exact) mass is 260 g/mol. The van der Waals surface area contributed by atoms with Gasteiger partial charge >= 0.3 is 0 Å². The van der Waals surface area contributed by atoms with Crippen LogP contribution in [-0.4, -0.2) is 22.6 Å². The first kappa shape index (κ1) is 12.9. The van der Waals surface area contributed by atoms with Gasteiger partial charge in [0, 0.05) is 31.0 Å². The molecule has 1 aromatic carbocycles. The molecule has 0 saturated heterocycles. The van der Waals surface area contributed by atoms with E-state index in [-0.39, 0.29) is 5.91 Å². The zero-order valence-corrected chi connectivity index (χ0v) is 10.7. The summed E-state index contributed by atoms with van der Waals surface area (Å²) in [6, 6.07) is 5.15. The number of nitrogens with two attached hydrogens (primary N) is 1. The van der Waals surface area contributed by atoms with Crippen LogP contribution in [0.25, 0.3) is 0 Å². The van der Waals surface area contributed by atoms with E-state index in [0.717, 1.165) is 0 Å². The summed E-state index contributed by atoms with van der Waals surface area (Å²) in [5, 5.41) is 2.79. The number of benzene rings is 1. The van der Waals surface area contributed by atoms with Crippen molar-refractivity contribution in [3.8, 4) is 5.75 Å². The number of ether oxygens (including phenoxy) is 1. The molecule has 0 radical (unpaired) electrons. The third-order valence-corrected chi connectivity index (χ3v) is 2.67. The Kier molecular flexibility index (Phi) is 4.02. The Balaban J connectivity index is 1.90. The fourth-order valence-corrected chi connectivity index (χ4v) is 1.69. The molecule has 0 aliphatic carbocycles. The molecule has 1 amide bonds. The lowest BCUT2D eigenvalue weighted by atomic mass is 10.2. The molecule has 6 heteroatoms. The van der Waals surface area contributed by atoms with E-state index in [1.165, 1.54) is 0 Å². The molecule has 6 nitrogen and oxygen atoms in total. The normalized spacial score (nSPS) is 10.2. The van der Waals surface area contributed by atoms with E-state index in [1.807, 2.05) is 10.8 Å². The summed E-state index contributed by atoms with van der Waals surface area (Å²) in [5.74, 6) is 0.523. The van der Waals surface area contributed by atoms with E-state index in [9.17, 15) is 4.79 Å². The second-order valence-corrected chi connectivity index (χ2v) is 4.06. The smallest absolute Gasteiger partial charge is 0.226 e. The molecular formula is C13H16N4O2. The molecule has 0 unspecified atom stereocenters. The van der Waals surface area contributed by atoms with Crippen molar-refractivity contribution in [2.45, 2.75) is 13.0 Å². The van der Waals surface area contributed by atoms with Gasteiger partial charge in [0.05, 0.1) is 19.1 Å². The molecule has 0 saturated carbocycles. The van der Waals surface area contributed by atoms with Crippen LogP contribution in [-0.2, 0) is 11.3 Å². The minimum atomic E-state index is -0.0710. The van der Waals surface area contributed by atoms with Crippen molar-refractivity contribution in [1.29, 1.82) is 0 Å². The molecule has 2 rings (SSSR count). The molecule has 1 aromatic heterocycles. The van der Waals surface area contributed by atoms with Crippen molar-refractivity contribution in [2.75, 3.05) is 18.2 Å². The van der Waals surface area contributed by atoms with Crippen molar-refractivity contribution in [3.05, 3.63) is 36.9 Å². The fourth-order valence-electron chi connectivity index (χ4n) is 1.69. The average molecular weight is 260 g/mol. The van der Waals surface area contributed by atoms with Crippen LogP contribution >= 0.6 is 0 Å². The largest absolute Gasteiger partial charge is 0.495 e. The topological polar surface area (TPSA) is 82.2 Å². The van der Waals surface area contributed by atoms with Crippen LogP contribution in [0, 0.1) is 0 Å². The highest BCUT2D eigenvalue weighted by Gasteiger charge is 2.05. The number of nitrogens with one attached hydrogen (secondary N) is 1. The second-order valence-electron chi connectivity index (χ2n) is 4.06. The number of carbonyl (C=O) groups is 1. The Morgan fingerprint density at radius 3 is 3.00 bits per heavy atom. The number of hydrogen-bond donors (Lipinski definition) is 2. The zero-order chi connectivity index (χ0) is 13.7. The van der Waals surface area contributed by atoms with Gasteiger partial charge in [0.15, 0.2) is 0 Å². The highest BCUT2D eigenvalue weighted by atomic mass is 16.5. The van der Waals surface area contributed by atoms with Crippen LogP contribution in [0.4, 0.5) is 11.4 Å². The van der Waals surface area contributed by atoms with E-state index in [4.69, 9.17) is 10.5 Å². The Morgan fingerprint density at radius 1 is 1.53 bits per heavy atom. The number of nitrogen functional groups attached to an aromatic ring is 1. The van der Waals surface area contributed by atoms with Crippen molar-refractivity contribution in [3.63, 3.8) is 0 Å². The molecule has 100 valence electrons. The molecule has 0 atom stereocenters. The van der Waals surface area contributed by atoms with Crippen molar-refractivity contribution in [1.82, 2.24) is 9.55 Å². The van der Waals surface area contributed by atoms with Crippen molar-refractivity contribution >= 4 is 17.3 Å². The number of anilines is 2. The van der Waals surface area contributed by atoms with Gasteiger partial charge in [-0.15, -0.1) is 0 Å². The molecule has 3 N–H and O–H groups in total. The van der Waals surface area contributed by atoms with E-state index in [0.29, 0.717) is 30.1 Å². The van der Waals surface area contributed by atoms with Crippen molar-refractivity contribution < 1.29 is 9.53 Å². The summed E-state index contributed by atoms with van der Waals surface area (Å²) in [4.78, 5) is 15.7. The Hall–Kier alpha value is -2.50. The minimum absolute atomic E-state index is 0.0710. The van der Waals surface area contributed by atoms with Crippen LogP contribution in [0.5, 0.6) is 5.75 Å². The highest BCUT2D eigenvalue weighted by molar-refractivity contribution is 5.91. The van der Waals surface area contributed by atoms with E-state index < -0.39 is 0 Å². The summed E-state index contributed by atoms with van der Waals surface area (Å²) < 4.78 is 6.90. The lowest BCUT2D eigenvalue weighted by molar-refractivity contribution is -0.116. The molecule has 0 bridgehead atoms. The number of nitrogens with zero attached hydrogens (tertiary/aromatic N) is 2. The number of imidazole rings is 1. The van der Waals surface area contributed by atoms with Gasteiger partial charge in [-0.25, -0.2) is 4.98 Å². The zero-order valence-electron chi connectivity index (χ0n) is 10.7. The number of amides is 1. The first-order valence-electron chi connectivity index (χ1n) is 5.88. The average Bonchev–Trinajstić information content (AvgIpc) is 2.90. The number of rotatable bonds is 5. The molecule has 19 heavy (non-hydrogen) atoms. The number of hydrogen-bond acceptors (Lipinski definition) is 4. The Labute approximate surface area is 111 Å². The number of methoxy groups -OCH3 is 1. The molecule has 0 aliphatic heterocycles. The van der Waals surface area contributed by atoms with Gasteiger partial charge in [-0.05, 0) is 18.2 Å². The van der Waals surface area contributed by atoms with Gasteiger partial charge in [-0.2, -0.15) is 0 Å². The van der Waals surface area contributed by atoms with E-state index in [1.54, 1.807) is 37.8 Å². The lowest BCUT2D eigenvalue weighted by Gasteiger charge is -2.09. The predicted molar refractivity (Wildman–Crippen MR) is 72.9 cm³/mol. The van der Waals surface area contributed by atoms with Crippen molar-refractivity contribution in [2.24, 2.45) is 0 Å². The van der Waals surface area contributed by atoms with Gasteiger partial charge in [0.2, 0.25) is 5.91 Å². The fraction of sp³-hybridized carbons (Fsp3) is 0.231. The Bertz CT molecular complexity index is 552. The summed E-state index contributed by atoms with van der Waals surface area (Å²) in [6.07, 6.45) is 5.56. The number of carbonyl (C=O) groups excluding carboxylic acids is 1. The first-order chi connectivity index (χ1) is 9.19. The van der Waals surface area contributed by atoms with E-state index in [2.05, 4.69) is 10.3 Å². The first-order valence-corrected chi connectivity index (χ1v) is 5.88. The maximum Gasteiger partial charge on any atom is 0.226 e.